The number of pyridine rings is 1. The molecule has 15 heavy (non-hydrogen) atoms. The van der Waals surface area contributed by atoms with Gasteiger partial charge in [0.2, 0.25) is 5.56 Å². The molecular weight excluding hydrogens is 186 g/mol. The molecule has 0 radical (unpaired) electrons. The van der Waals surface area contributed by atoms with Gasteiger partial charge in [0.15, 0.2) is 0 Å². The maximum Gasteiger partial charge on any atom is 0.248 e. The average molecular weight is 201 g/mol. The molecule has 2 aromatic rings. The van der Waals surface area contributed by atoms with Gasteiger partial charge in [-0.15, -0.1) is 0 Å². The van der Waals surface area contributed by atoms with Crippen LogP contribution in [0.15, 0.2) is 29.1 Å². The fourth-order valence-electron chi connectivity index (χ4n) is 1.95. The minimum atomic E-state index is -0.0335. The van der Waals surface area contributed by atoms with E-state index in [9.17, 15) is 4.79 Å². The third kappa shape index (κ3) is 1.80. The molecule has 1 heterocycles. The molecule has 0 unspecified atom stereocenters. The van der Waals surface area contributed by atoms with Crippen LogP contribution < -0.4 is 5.56 Å². The second kappa shape index (κ2) is 3.89. The molecule has 2 heteroatoms. The van der Waals surface area contributed by atoms with E-state index >= 15 is 0 Å². The van der Waals surface area contributed by atoms with E-state index in [2.05, 4.69) is 31.0 Å². The van der Waals surface area contributed by atoms with E-state index in [1.807, 2.05) is 6.07 Å². The van der Waals surface area contributed by atoms with Gasteiger partial charge in [-0.25, -0.2) is 0 Å². The van der Waals surface area contributed by atoms with E-state index in [0.717, 1.165) is 23.7 Å². The Kier molecular flexibility index (Phi) is 2.58. The van der Waals surface area contributed by atoms with E-state index in [1.165, 1.54) is 11.1 Å². The minimum Gasteiger partial charge on any atom is -0.322 e. The molecule has 0 saturated heterocycles. The molecule has 2 rings (SSSR count). The van der Waals surface area contributed by atoms with Crippen LogP contribution in [0, 0.1) is 0 Å². The predicted molar refractivity (Wildman–Crippen MR) is 63.3 cm³/mol. The van der Waals surface area contributed by atoms with Crippen molar-refractivity contribution in [1.29, 1.82) is 0 Å². The zero-order chi connectivity index (χ0) is 10.8. The summed E-state index contributed by atoms with van der Waals surface area (Å²) in [4.78, 5) is 14.0. The first-order valence-electron chi connectivity index (χ1n) is 5.39. The number of aryl methyl sites for hydroxylation is 2. The molecule has 1 N–H and O–H groups in total. The molecule has 0 aliphatic heterocycles. The lowest BCUT2D eigenvalue weighted by atomic mass is 10.0. The molecule has 0 amide bonds. The Hall–Kier alpha value is -1.57. The highest BCUT2D eigenvalue weighted by Gasteiger charge is 2.02. The Morgan fingerprint density at radius 2 is 1.73 bits per heavy atom. The van der Waals surface area contributed by atoms with Crippen molar-refractivity contribution in [3.05, 3.63) is 45.7 Å². The van der Waals surface area contributed by atoms with Crippen molar-refractivity contribution in [1.82, 2.24) is 4.98 Å². The number of aromatic nitrogens is 1. The summed E-state index contributed by atoms with van der Waals surface area (Å²) in [6, 6.07) is 7.72. The standard InChI is InChI=1S/C13H15NO/c1-3-9-7-11-5-6-13(15)14-12(11)8-10(9)4-2/h5-8H,3-4H2,1-2H3,(H,14,15). The van der Waals surface area contributed by atoms with Crippen LogP contribution >= 0.6 is 0 Å². The van der Waals surface area contributed by atoms with Crippen molar-refractivity contribution in [2.45, 2.75) is 26.7 Å². The zero-order valence-electron chi connectivity index (χ0n) is 9.13. The lowest BCUT2D eigenvalue weighted by molar-refractivity contribution is 1.04. The molecule has 0 saturated carbocycles. The van der Waals surface area contributed by atoms with Crippen LogP contribution in [0.3, 0.4) is 0 Å². The predicted octanol–water partition coefficient (Wildman–Crippen LogP) is 2.65. The summed E-state index contributed by atoms with van der Waals surface area (Å²) < 4.78 is 0. The van der Waals surface area contributed by atoms with Crippen molar-refractivity contribution < 1.29 is 0 Å². The number of hydrogen-bond acceptors (Lipinski definition) is 1. The lowest BCUT2D eigenvalue weighted by Crippen LogP contribution is -2.03. The number of H-pyrrole nitrogens is 1. The third-order valence-electron chi connectivity index (χ3n) is 2.81. The van der Waals surface area contributed by atoms with E-state index < -0.39 is 0 Å². The summed E-state index contributed by atoms with van der Waals surface area (Å²) in [5.41, 5.74) is 3.61. The van der Waals surface area contributed by atoms with E-state index in [-0.39, 0.29) is 5.56 Å². The number of aromatic amines is 1. The fraction of sp³-hybridized carbons (Fsp3) is 0.308. The molecule has 0 aliphatic carbocycles. The van der Waals surface area contributed by atoms with Gasteiger partial charge < -0.3 is 4.98 Å². The Balaban J connectivity index is 2.75. The van der Waals surface area contributed by atoms with Gasteiger partial charge in [-0.3, -0.25) is 4.79 Å². The summed E-state index contributed by atoms with van der Waals surface area (Å²) in [5, 5.41) is 1.11. The molecule has 0 spiro atoms. The molecule has 2 nitrogen and oxygen atoms in total. The summed E-state index contributed by atoms with van der Waals surface area (Å²) in [6.45, 7) is 4.30. The van der Waals surface area contributed by atoms with Crippen LogP contribution in [-0.4, -0.2) is 4.98 Å². The third-order valence-corrected chi connectivity index (χ3v) is 2.81. The Morgan fingerprint density at radius 1 is 1.07 bits per heavy atom. The van der Waals surface area contributed by atoms with Crippen molar-refractivity contribution in [3.63, 3.8) is 0 Å². The highest BCUT2D eigenvalue weighted by Crippen LogP contribution is 2.18. The van der Waals surface area contributed by atoms with Crippen LogP contribution in [0.5, 0.6) is 0 Å². The smallest absolute Gasteiger partial charge is 0.248 e. The van der Waals surface area contributed by atoms with Crippen molar-refractivity contribution in [2.24, 2.45) is 0 Å². The summed E-state index contributed by atoms with van der Waals surface area (Å²) in [6.07, 6.45) is 2.05. The van der Waals surface area contributed by atoms with E-state index in [4.69, 9.17) is 0 Å². The molecule has 0 bridgehead atoms. The second-order valence-corrected chi connectivity index (χ2v) is 3.74. The van der Waals surface area contributed by atoms with Crippen LogP contribution in [0.25, 0.3) is 10.9 Å². The van der Waals surface area contributed by atoms with Crippen LogP contribution in [0.4, 0.5) is 0 Å². The van der Waals surface area contributed by atoms with Gasteiger partial charge in [-0.2, -0.15) is 0 Å². The van der Waals surface area contributed by atoms with Gasteiger partial charge in [-0.1, -0.05) is 13.8 Å². The van der Waals surface area contributed by atoms with Crippen molar-refractivity contribution >= 4 is 10.9 Å². The van der Waals surface area contributed by atoms with E-state index in [1.54, 1.807) is 6.07 Å². The maximum atomic E-state index is 11.2. The minimum absolute atomic E-state index is 0.0335. The Labute approximate surface area is 89.0 Å². The number of fused-ring (bicyclic) bond motifs is 1. The second-order valence-electron chi connectivity index (χ2n) is 3.74. The molecule has 0 aliphatic rings. The zero-order valence-corrected chi connectivity index (χ0v) is 9.13. The fourth-order valence-corrected chi connectivity index (χ4v) is 1.95. The molecule has 0 fully saturated rings. The maximum absolute atomic E-state index is 11.2. The highest BCUT2D eigenvalue weighted by molar-refractivity contribution is 5.80. The van der Waals surface area contributed by atoms with Crippen molar-refractivity contribution in [3.8, 4) is 0 Å². The summed E-state index contributed by atoms with van der Waals surface area (Å²) >= 11 is 0. The topological polar surface area (TPSA) is 32.9 Å². The highest BCUT2D eigenvalue weighted by atomic mass is 16.1. The van der Waals surface area contributed by atoms with Gasteiger partial charge in [0.05, 0.1) is 0 Å². The molecular formula is C13H15NO. The number of rotatable bonds is 2. The van der Waals surface area contributed by atoms with Crippen molar-refractivity contribution in [2.75, 3.05) is 0 Å². The van der Waals surface area contributed by atoms with Gasteiger partial charge in [-0.05, 0) is 47.6 Å². The summed E-state index contributed by atoms with van der Waals surface area (Å²) in [7, 11) is 0. The van der Waals surface area contributed by atoms with Gasteiger partial charge >= 0.3 is 0 Å². The average Bonchev–Trinajstić information content (AvgIpc) is 2.27. The monoisotopic (exact) mass is 201 g/mol. The number of benzene rings is 1. The molecule has 1 aromatic carbocycles. The van der Waals surface area contributed by atoms with Crippen LogP contribution in [0.2, 0.25) is 0 Å². The summed E-state index contributed by atoms with van der Waals surface area (Å²) in [5.74, 6) is 0. The molecule has 78 valence electrons. The largest absolute Gasteiger partial charge is 0.322 e. The van der Waals surface area contributed by atoms with Crippen LogP contribution in [-0.2, 0) is 12.8 Å². The first-order valence-corrected chi connectivity index (χ1v) is 5.39. The Morgan fingerprint density at radius 3 is 2.40 bits per heavy atom. The quantitative estimate of drug-likeness (QED) is 0.796. The van der Waals surface area contributed by atoms with Gasteiger partial charge in [0.1, 0.15) is 0 Å². The first-order chi connectivity index (χ1) is 7.24. The normalized spacial score (nSPS) is 10.8. The molecule has 0 atom stereocenters. The van der Waals surface area contributed by atoms with Gasteiger partial charge in [0, 0.05) is 11.6 Å². The number of nitrogens with one attached hydrogen (secondary N) is 1. The lowest BCUT2D eigenvalue weighted by Gasteiger charge is -2.07. The first kappa shape index (κ1) is 9.97. The SMILES string of the molecule is CCc1cc2ccc(=O)[nH]c2cc1CC. The van der Waals surface area contributed by atoms with Crippen LogP contribution in [0.1, 0.15) is 25.0 Å². The van der Waals surface area contributed by atoms with Gasteiger partial charge in [0.25, 0.3) is 0 Å². The number of hydrogen-bond donors (Lipinski definition) is 1. The Bertz CT molecular complexity index is 540. The molecule has 1 aromatic heterocycles. The van der Waals surface area contributed by atoms with E-state index in [0.29, 0.717) is 0 Å².